The lowest BCUT2D eigenvalue weighted by molar-refractivity contribution is 0.666. The number of fused-ring (bicyclic) bond motifs is 7. The third kappa shape index (κ3) is 4.22. The Morgan fingerprint density at radius 1 is 0.440 bits per heavy atom. The fourth-order valence-corrected chi connectivity index (χ4v) is 8.38. The summed E-state index contributed by atoms with van der Waals surface area (Å²) in [5.41, 5.74) is 13.7. The quantitative estimate of drug-likeness (QED) is 0.186. The summed E-state index contributed by atoms with van der Waals surface area (Å²) in [6.45, 7) is 2.38. The van der Waals surface area contributed by atoms with Crippen LogP contribution in [0, 0.1) is 0 Å². The third-order valence-electron chi connectivity index (χ3n) is 10.7. The van der Waals surface area contributed by atoms with Crippen LogP contribution in [0.4, 0.5) is 17.1 Å². The molecule has 0 aliphatic heterocycles. The second-order valence-electron chi connectivity index (χ2n) is 13.4. The van der Waals surface area contributed by atoms with Crippen molar-refractivity contribution in [1.29, 1.82) is 0 Å². The molecule has 0 fully saturated rings. The fourth-order valence-electron chi connectivity index (χ4n) is 8.38. The number of furan rings is 1. The largest absolute Gasteiger partial charge is 0.456 e. The van der Waals surface area contributed by atoms with Gasteiger partial charge in [0, 0.05) is 32.9 Å². The molecular weight excluding hydrogens is 607 g/mol. The van der Waals surface area contributed by atoms with Crippen molar-refractivity contribution in [2.75, 3.05) is 4.90 Å². The molecule has 0 unspecified atom stereocenters. The molecule has 0 bridgehead atoms. The predicted octanol–water partition coefficient (Wildman–Crippen LogP) is 13.2. The van der Waals surface area contributed by atoms with Gasteiger partial charge in [0.15, 0.2) is 0 Å². The number of rotatable bonds is 5. The van der Waals surface area contributed by atoms with E-state index in [1.807, 2.05) is 0 Å². The number of hydrogen-bond acceptors (Lipinski definition) is 2. The molecule has 2 heteroatoms. The van der Waals surface area contributed by atoms with Crippen LogP contribution in [0.25, 0.3) is 55.0 Å². The van der Waals surface area contributed by atoms with Crippen LogP contribution in [-0.4, -0.2) is 0 Å². The number of nitrogens with zero attached hydrogens (tertiary/aromatic N) is 1. The molecule has 50 heavy (non-hydrogen) atoms. The van der Waals surface area contributed by atoms with E-state index >= 15 is 0 Å². The van der Waals surface area contributed by atoms with Crippen LogP contribution in [0.3, 0.4) is 0 Å². The molecule has 0 radical (unpaired) electrons. The summed E-state index contributed by atoms with van der Waals surface area (Å²) in [6.07, 6.45) is 0. The molecule has 0 atom stereocenters. The molecule has 0 saturated carbocycles. The van der Waals surface area contributed by atoms with E-state index in [1.165, 1.54) is 49.7 Å². The van der Waals surface area contributed by atoms with Crippen LogP contribution in [0.15, 0.2) is 186 Å². The van der Waals surface area contributed by atoms with Gasteiger partial charge in [-0.05, 0) is 93.7 Å². The van der Waals surface area contributed by atoms with Crippen LogP contribution in [0.5, 0.6) is 0 Å². The molecule has 0 N–H and O–H groups in total. The van der Waals surface area contributed by atoms with Crippen molar-refractivity contribution in [3.05, 3.63) is 199 Å². The van der Waals surface area contributed by atoms with Crippen LogP contribution in [-0.2, 0) is 5.41 Å². The maximum atomic E-state index is 6.64. The minimum absolute atomic E-state index is 0.345. The summed E-state index contributed by atoms with van der Waals surface area (Å²) in [4.78, 5) is 2.39. The lowest BCUT2D eigenvalue weighted by Crippen LogP contribution is -2.22. The van der Waals surface area contributed by atoms with E-state index in [0.29, 0.717) is 0 Å². The first-order chi connectivity index (χ1) is 24.7. The molecule has 2 nitrogen and oxygen atoms in total. The standard InChI is InChI=1S/C48H33NO/c1-48(41-20-9-7-18-38(41)39-19-8-10-21-42(39)48)43-22-12-24-46-47(43)40-31-36(29-30-45(40)50-46)49(44-23-11-16-34-15-5-6-17-37(34)44)35-27-25-33(26-28-35)32-13-3-2-4-14-32/h2-31H,1H3. The van der Waals surface area contributed by atoms with Crippen LogP contribution >= 0.6 is 0 Å². The smallest absolute Gasteiger partial charge is 0.135 e. The average Bonchev–Trinajstić information content (AvgIpc) is 3.69. The topological polar surface area (TPSA) is 16.4 Å². The lowest BCUT2D eigenvalue weighted by Gasteiger charge is -2.29. The van der Waals surface area contributed by atoms with E-state index in [9.17, 15) is 0 Å². The highest BCUT2D eigenvalue weighted by Crippen LogP contribution is 2.54. The van der Waals surface area contributed by atoms with Gasteiger partial charge in [-0.2, -0.15) is 0 Å². The van der Waals surface area contributed by atoms with E-state index < -0.39 is 0 Å². The first kappa shape index (κ1) is 28.6. The van der Waals surface area contributed by atoms with Crippen LogP contribution < -0.4 is 4.90 Å². The second kappa shape index (κ2) is 11.1. The first-order valence-corrected chi connectivity index (χ1v) is 17.3. The molecule has 0 spiro atoms. The van der Waals surface area contributed by atoms with Gasteiger partial charge in [-0.15, -0.1) is 0 Å². The zero-order chi connectivity index (χ0) is 33.2. The maximum Gasteiger partial charge on any atom is 0.135 e. The van der Waals surface area contributed by atoms with Gasteiger partial charge in [0.25, 0.3) is 0 Å². The zero-order valence-electron chi connectivity index (χ0n) is 27.7. The molecule has 1 aliphatic carbocycles. The van der Waals surface area contributed by atoms with E-state index in [2.05, 4.69) is 194 Å². The van der Waals surface area contributed by atoms with E-state index in [4.69, 9.17) is 4.42 Å². The monoisotopic (exact) mass is 639 g/mol. The van der Waals surface area contributed by atoms with Gasteiger partial charge in [0.1, 0.15) is 11.2 Å². The highest BCUT2D eigenvalue weighted by Gasteiger charge is 2.42. The van der Waals surface area contributed by atoms with Gasteiger partial charge in [-0.25, -0.2) is 0 Å². The SMILES string of the molecule is CC1(c2cccc3oc4ccc(N(c5ccc(-c6ccccc6)cc5)c5cccc6ccccc56)cc4c23)c2ccccc2-c2ccccc21. The van der Waals surface area contributed by atoms with Gasteiger partial charge in [-0.3, -0.25) is 0 Å². The normalized spacial score (nSPS) is 13.1. The van der Waals surface area contributed by atoms with Gasteiger partial charge in [-0.1, -0.05) is 140 Å². The summed E-state index contributed by atoms with van der Waals surface area (Å²) in [5, 5.41) is 4.68. The zero-order valence-corrected chi connectivity index (χ0v) is 27.7. The molecule has 1 aromatic heterocycles. The van der Waals surface area contributed by atoms with Crippen molar-refractivity contribution in [2.45, 2.75) is 12.3 Å². The fraction of sp³-hybridized carbons (Fsp3) is 0.0417. The summed E-state index contributed by atoms with van der Waals surface area (Å²) in [7, 11) is 0. The van der Waals surface area contributed by atoms with Gasteiger partial charge in [0.05, 0.1) is 5.69 Å². The first-order valence-electron chi connectivity index (χ1n) is 17.3. The highest BCUT2D eigenvalue weighted by atomic mass is 16.3. The predicted molar refractivity (Wildman–Crippen MR) is 209 cm³/mol. The van der Waals surface area contributed by atoms with Crippen molar-refractivity contribution < 1.29 is 4.42 Å². The third-order valence-corrected chi connectivity index (χ3v) is 10.7. The van der Waals surface area contributed by atoms with E-state index in [-0.39, 0.29) is 5.41 Å². The Hall–Kier alpha value is -6.38. The summed E-state index contributed by atoms with van der Waals surface area (Å²) < 4.78 is 6.64. The van der Waals surface area contributed by atoms with Crippen molar-refractivity contribution in [3.63, 3.8) is 0 Å². The molecule has 8 aromatic carbocycles. The Labute approximate surface area is 291 Å². The maximum absolute atomic E-state index is 6.64. The number of hydrogen-bond donors (Lipinski definition) is 0. The van der Waals surface area contributed by atoms with Crippen molar-refractivity contribution in [3.8, 4) is 22.3 Å². The van der Waals surface area contributed by atoms with Crippen molar-refractivity contribution in [2.24, 2.45) is 0 Å². The molecule has 236 valence electrons. The van der Waals surface area contributed by atoms with E-state index in [0.717, 1.165) is 39.0 Å². The molecule has 9 aromatic rings. The molecular formula is C48H33NO. The minimum Gasteiger partial charge on any atom is -0.456 e. The van der Waals surface area contributed by atoms with Gasteiger partial charge >= 0.3 is 0 Å². The second-order valence-corrected chi connectivity index (χ2v) is 13.4. The molecule has 0 amide bonds. The highest BCUT2D eigenvalue weighted by molar-refractivity contribution is 6.10. The Morgan fingerprint density at radius 2 is 1.04 bits per heavy atom. The summed E-state index contributed by atoms with van der Waals surface area (Å²) in [5.74, 6) is 0. The molecule has 10 rings (SSSR count). The minimum atomic E-state index is -0.345. The number of anilines is 3. The summed E-state index contributed by atoms with van der Waals surface area (Å²) >= 11 is 0. The average molecular weight is 640 g/mol. The lowest BCUT2D eigenvalue weighted by atomic mass is 9.73. The molecule has 0 saturated heterocycles. The Kier molecular flexibility index (Phi) is 6.34. The van der Waals surface area contributed by atoms with Gasteiger partial charge in [0.2, 0.25) is 0 Å². The Balaban J connectivity index is 1.21. The van der Waals surface area contributed by atoms with Crippen molar-refractivity contribution >= 4 is 49.8 Å². The van der Waals surface area contributed by atoms with E-state index in [1.54, 1.807) is 0 Å². The Bertz CT molecular complexity index is 2670. The molecule has 1 heterocycles. The van der Waals surface area contributed by atoms with Crippen molar-refractivity contribution in [1.82, 2.24) is 0 Å². The van der Waals surface area contributed by atoms with Gasteiger partial charge < -0.3 is 9.32 Å². The van der Waals surface area contributed by atoms with Crippen LogP contribution in [0.1, 0.15) is 23.6 Å². The molecule has 1 aliphatic rings. The number of benzene rings is 8. The Morgan fingerprint density at radius 3 is 1.82 bits per heavy atom. The van der Waals surface area contributed by atoms with Crippen LogP contribution in [0.2, 0.25) is 0 Å². The summed E-state index contributed by atoms with van der Waals surface area (Å²) in [6, 6.07) is 65.7.